The standard InChI is InChI=1S/C13H15BrClN3/c1-3-7-18-12(8-15)16-17-13(18)10-5-4-6-11(14)9(10)2/h4-6H,3,7-8H2,1-2H3. The molecule has 0 aliphatic carbocycles. The number of alkyl halides is 1. The second-order valence-electron chi connectivity index (χ2n) is 4.14. The minimum atomic E-state index is 0.389. The fourth-order valence-corrected chi connectivity index (χ4v) is 2.51. The Morgan fingerprint density at radius 1 is 1.33 bits per heavy atom. The van der Waals surface area contributed by atoms with Gasteiger partial charge < -0.3 is 4.57 Å². The van der Waals surface area contributed by atoms with Crippen molar-refractivity contribution >= 4 is 27.5 Å². The van der Waals surface area contributed by atoms with Crippen molar-refractivity contribution in [2.24, 2.45) is 0 Å². The van der Waals surface area contributed by atoms with E-state index in [1.807, 2.05) is 12.1 Å². The molecular formula is C13H15BrClN3. The highest BCUT2D eigenvalue weighted by atomic mass is 79.9. The Labute approximate surface area is 120 Å². The van der Waals surface area contributed by atoms with Crippen molar-refractivity contribution in [3.05, 3.63) is 34.1 Å². The third-order valence-electron chi connectivity index (χ3n) is 2.90. The van der Waals surface area contributed by atoms with Crippen LogP contribution in [0.3, 0.4) is 0 Å². The Morgan fingerprint density at radius 3 is 2.78 bits per heavy atom. The largest absolute Gasteiger partial charge is 0.310 e. The number of halogens is 2. The van der Waals surface area contributed by atoms with Crippen molar-refractivity contribution in [2.75, 3.05) is 0 Å². The first-order valence-corrected chi connectivity index (χ1v) is 7.25. The topological polar surface area (TPSA) is 30.7 Å². The number of hydrogen-bond donors (Lipinski definition) is 0. The Bertz CT molecular complexity index is 551. The molecule has 18 heavy (non-hydrogen) atoms. The lowest BCUT2D eigenvalue weighted by molar-refractivity contribution is 0.659. The van der Waals surface area contributed by atoms with Gasteiger partial charge in [0.15, 0.2) is 5.82 Å². The second kappa shape index (κ2) is 5.85. The van der Waals surface area contributed by atoms with Gasteiger partial charge in [0.05, 0.1) is 5.88 Å². The van der Waals surface area contributed by atoms with Gasteiger partial charge in [0.2, 0.25) is 0 Å². The number of nitrogens with zero attached hydrogens (tertiary/aromatic N) is 3. The van der Waals surface area contributed by atoms with Crippen LogP contribution < -0.4 is 0 Å². The Balaban J connectivity index is 2.56. The van der Waals surface area contributed by atoms with E-state index in [0.717, 1.165) is 34.7 Å². The molecular weight excluding hydrogens is 314 g/mol. The van der Waals surface area contributed by atoms with Gasteiger partial charge >= 0.3 is 0 Å². The van der Waals surface area contributed by atoms with E-state index in [1.165, 1.54) is 5.56 Å². The molecule has 2 aromatic rings. The maximum atomic E-state index is 5.91. The van der Waals surface area contributed by atoms with Crippen LogP contribution in [-0.4, -0.2) is 14.8 Å². The van der Waals surface area contributed by atoms with Gasteiger partial charge in [-0.3, -0.25) is 0 Å². The highest BCUT2D eigenvalue weighted by Gasteiger charge is 2.15. The molecule has 1 aromatic heterocycles. The van der Waals surface area contributed by atoms with Crippen LogP contribution in [0.1, 0.15) is 24.7 Å². The summed E-state index contributed by atoms with van der Waals surface area (Å²) in [5, 5.41) is 8.45. The smallest absolute Gasteiger partial charge is 0.164 e. The number of benzene rings is 1. The van der Waals surface area contributed by atoms with Crippen LogP contribution in [0.4, 0.5) is 0 Å². The van der Waals surface area contributed by atoms with Gasteiger partial charge in [-0.05, 0) is 25.0 Å². The summed E-state index contributed by atoms with van der Waals surface area (Å²) in [4.78, 5) is 0. The molecule has 0 spiro atoms. The molecule has 0 aliphatic heterocycles. The first kappa shape index (κ1) is 13.6. The molecule has 3 nitrogen and oxygen atoms in total. The summed E-state index contributed by atoms with van der Waals surface area (Å²) in [6, 6.07) is 6.11. The van der Waals surface area contributed by atoms with E-state index in [2.05, 4.69) is 50.6 Å². The summed E-state index contributed by atoms with van der Waals surface area (Å²) in [7, 11) is 0. The monoisotopic (exact) mass is 327 g/mol. The molecule has 0 N–H and O–H groups in total. The Morgan fingerprint density at radius 2 is 2.11 bits per heavy atom. The SMILES string of the molecule is CCCn1c(CCl)nnc1-c1cccc(Br)c1C. The third-order valence-corrected chi connectivity index (χ3v) is 4.00. The molecule has 0 amide bonds. The van der Waals surface area contributed by atoms with Gasteiger partial charge in [0.25, 0.3) is 0 Å². The molecule has 0 unspecified atom stereocenters. The van der Waals surface area contributed by atoms with Crippen molar-refractivity contribution in [2.45, 2.75) is 32.7 Å². The van der Waals surface area contributed by atoms with Crippen LogP contribution in [0.2, 0.25) is 0 Å². The first-order valence-electron chi connectivity index (χ1n) is 5.92. The minimum absolute atomic E-state index is 0.389. The molecule has 5 heteroatoms. The van der Waals surface area contributed by atoms with Crippen LogP contribution in [-0.2, 0) is 12.4 Å². The van der Waals surface area contributed by atoms with Crippen LogP contribution in [0.5, 0.6) is 0 Å². The summed E-state index contributed by atoms with van der Waals surface area (Å²) < 4.78 is 3.18. The molecule has 0 bridgehead atoms. The van der Waals surface area contributed by atoms with Crippen LogP contribution in [0.15, 0.2) is 22.7 Å². The quantitative estimate of drug-likeness (QED) is 0.789. The number of rotatable bonds is 4. The summed E-state index contributed by atoms with van der Waals surface area (Å²) in [5.41, 5.74) is 2.27. The maximum Gasteiger partial charge on any atom is 0.164 e. The zero-order valence-corrected chi connectivity index (χ0v) is 12.8. The lowest BCUT2D eigenvalue weighted by atomic mass is 10.1. The van der Waals surface area contributed by atoms with Gasteiger partial charge in [0.1, 0.15) is 5.82 Å². The lowest BCUT2D eigenvalue weighted by Gasteiger charge is -2.10. The summed E-state index contributed by atoms with van der Waals surface area (Å²) >= 11 is 9.45. The number of hydrogen-bond acceptors (Lipinski definition) is 2. The highest BCUT2D eigenvalue weighted by molar-refractivity contribution is 9.10. The predicted octanol–water partition coefficient (Wildman–Crippen LogP) is 4.16. The molecule has 0 fully saturated rings. The summed E-state index contributed by atoms with van der Waals surface area (Å²) in [5.74, 6) is 2.11. The van der Waals surface area contributed by atoms with E-state index in [-0.39, 0.29) is 0 Å². The molecule has 0 aliphatic rings. The summed E-state index contributed by atoms with van der Waals surface area (Å²) in [6.07, 6.45) is 1.03. The van der Waals surface area contributed by atoms with Crippen molar-refractivity contribution in [1.29, 1.82) is 0 Å². The third kappa shape index (κ3) is 2.45. The second-order valence-corrected chi connectivity index (χ2v) is 5.26. The minimum Gasteiger partial charge on any atom is -0.310 e. The van der Waals surface area contributed by atoms with Crippen LogP contribution >= 0.6 is 27.5 Å². The van der Waals surface area contributed by atoms with Gasteiger partial charge in [-0.25, -0.2) is 0 Å². The molecule has 96 valence electrons. The molecule has 0 atom stereocenters. The molecule has 0 saturated heterocycles. The average Bonchev–Trinajstić information content (AvgIpc) is 2.76. The molecule has 1 heterocycles. The fraction of sp³-hybridized carbons (Fsp3) is 0.385. The maximum absolute atomic E-state index is 5.91. The average molecular weight is 329 g/mol. The highest BCUT2D eigenvalue weighted by Crippen LogP contribution is 2.28. The summed E-state index contributed by atoms with van der Waals surface area (Å²) in [6.45, 7) is 5.09. The van der Waals surface area contributed by atoms with E-state index in [1.54, 1.807) is 0 Å². The van der Waals surface area contributed by atoms with Crippen molar-refractivity contribution in [3.8, 4) is 11.4 Å². The first-order chi connectivity index (χ1) is 8.69. The zero-order chi connectivity index (χ0) is 13.1. The van der Waals surface area contributed by atoms with Crippen molar-refractivity contribution < 1.29 is 0 Å². The van der Waals surface area contributed by atoms with Crippen molar-refractivity contribution in [3.63, 3.8) is 0 Å². The van der Waals surface area contributed by atoms with E-state index in [4.69, 9.17) is 11.6 Å². The van der Waals surface area contributed by atoms with E-state index >= 15 is 0 Å². The zero-order valence-electron chi connectivity index (χ0n) is 10.5. The predicted molar refractivity (Wildman–Crippen MR) is 77.7 cm³/mol. The van der Waals surface area contributed by atoms with Gasteiger partial charge in [0, 0.05) is 16.6 Å². The van der Waals surface area contributed by atoms with Crippen LogP contribution in [0, 0.1) is 6.92 Å². The molecule has 0 radical (unpaired) electrons. The fourth-order valence-electron chi connectivity index (χ4n) is 1.94. The molecule has 0 saturated carbocycles. The lowest BCUT2D eigenvalue weighted by Crippen LogP contribution is -2.04. The van der Waals surface area contributed by atoms with Gasteiger partial charge in [-0.2, -0.15) is 0 Å². The van der Waals surface area contributed by atoms with E-state index in [9.17, 15) is 0 Å². The number of aromatic nitrogens is 3. The van der Waals surface area contributed by atoms with Crippen LogP contribution in [0.25, 0.3) is 11.4 Å². The molecule has 2 rings (SSSR count). The molecule has 1 aromatic carbocycles. The Kier molecular flexibility index (Phi) is 4.40. The normalized spacial score (nSPS) is 10.9. The van der Waals surface area contributed by atoms with E-state index < -0.39 is 0 Å². The van der Waals surface area contributed by atoms with Crippen molar-refractivity contribution in [1.82, 2.24) is 14.8 Å². The van der Waals surface area contributed by atoms with Gasteiger partial charge in [-0.1, -0.05) is 35.0 Å². The Hall–Kier alpha value is -0.870. The van der Waals surface area contributed by atoms with E-state index in [0.29, 0.717) is 5.88 Å². The van der Waals surface area contributed by atoms with Gasteiger partial charge in [-0.15, -0.1) is 21.8 Å².